The van der Waals surface area contributed by atoms with Gasteiger partial charge in [0.1, 0.15) is 5.82 Å². The van der Waals surface area contributed by atoms with Gasteiger partial charge < -0.3 is 14.8 Å². The highest BCUT2D eigenvalue weighted by molar-refractivity contribution is 6.32. The Kier molecular flexibility index (Phi) is 7.35. The van der Waals surface area contributed by atoms with E-state index in [9.17, 15) is 4.39 Å². The minimum atomic E-state index is -0.227. The van der Waals surface area contributed by atoms with E-state index in [-0.39, 0.29) is 5.82 Å². The molecule has 5 heteroatoms. The van der Waals surface area contributed by atoms with Gasteiger partial charge in [-0.1, -0.05) is 30.7 Å². The van der Waals surface area contributed by atoms with Crippen LogP contribution in [0.5, 0.6) is 11.5 Å². The molecule has 0 saturated heterocycles. The van der Waals surface area contributed by atoms with Crippen LogP contribution >= 0.6 is 11.6 Å². The minimum Gasteiger partial charge on any atom is -0.490 e. The summed E-state index contributed by atoms with van der Waals surface area (Å²) < 4.78 is 24.3. The topological polar surface area (TPSA) is 30.5 Å². The number of rotatable bonds is 9. The van der Waals surface area contributed by atoms with Gasteiger partial charge in [0, 0.05) is 13.1 Å². The largest absolute Gasteiger partial charge is 0.490 e. The maximum atomic E-state index is 12.9. The van der Waals surface area contributed by atoms with Gasteiger partial charge in [-0.2, -0.15) is 0 Å². The molecule has 2 aromatic rings. The number of hydrogen-bond donors (Lipinski definition) is 1. The lowest BCUT2D eigenvalue weighted by Gasteiger charge is -2.15. The smallest absolute Gasteiger partial charge is 0.179 e. The zero-order valence-corrected chi connectivity index (χ0v) is 14.8. The van der Waals surface area contributed by atoms with E-state index in [4.69, 9.17) is 21.1 Å². The second kappa shape index (κ2) is 9.50. The van der Waals surface area contributed by atoms with Crippen LogP contribution in [0, 0.1) is 5.82 Å². The Bertz CT molecular complexity index is 647. The first-order valence-corrected chi connectivity index (χ1v) is 8.55. The molecule has 0 saturated carbocycles. The van der Waals surface area contributed by atoms with Crippen molar-refractivity contribution in [3.8, 4) is 11.5 Å². The van der Waals surface area contributed by atoms with Gasteiger partial charge in [0.25, 0.3) is 0 Å². The van der Waals surface area contributed by atoms with Gasteiger partial charge in [-0.25, -0.2) is 4.39 Å². The van der Waals surface area contributed by atoms with E-state index in [1.807, 2.05) is 26.0 Å². The van der Waals surface area contributed by atoms with Gasteiger partial charge in [0.15, 0.2) is 11.5 Å². The lowest BCUT2D eigenvalue weighted by atomic mass is 10.1. The predicted molar refractivity (Wildman–Crippen MR) is 95.4 cm³/mol. The average molecular weight is 352 g/mol. The van der Waals surface area contributed by atoms with Crippen molar-refractivity contribution in [1.29, 1.82) is 0 Å². The van der Waals surface area contributed by atoms with Crippen LogP contribution < -0.4 is 14.8 Å². The van der Waals surface area contributed by atoms with Gasteiger partial charge in [0.2, 0.25) is 0 Å². The summed E-state index contributed by atoms with van der Waals surface area (Å²) >= 11 is 6.34. The van der Waals surface area contributed by atoms with Gasteiger partial charge >= 0.3 is 0 Å². The van der Waals surface area contributed by atoms with Gasteiger partial charge in [-0.3, -0.25) is 0 Å². The SMILES string of the molecule is CCCOc1c(Cl)cc(CNCc2ccc(F)cc2)cc1OCC. The third-order valence-corrected chi connectivity index (χ3v) is 3.67. The molecule has 2 rings (SSSR count). The molecule has 0 amide bonds. The van der Waals surface area contributed by atoms with Crippen molar-refractivity contribution in [1.82, 2.24) is 5.32 Å². The Labute approximate surface area is 147 Å². The van der Waals surface area contributed by atoms with Crippen LogP contribution in [0.15, 0.2) is 36.4 Å². The monoisotopic (exact) mass is 351 g/mol. The van der Waals surface area contributed by atoms with E-state index in [0.717, 1.165) is 17.5 Å². The molecule has 0 spiro atoms. The molecule has 0 unspecified atom stereocenters. The van der Waals surface area contributed by atoms with Crippen LogP contribution in [0.4, 0.5) is 4.39 Å². The number of hydrogen-bond acceptors (Lipinski definition) is 3. The Hall–Kier alpha value is -1.78. The highest BCUT2D eigenvalue weighted by Gasteiger charge is 2.12. The summed E-state index contributed by atoms with van der Waals surface area (Å²) in [5, 5.41) is 3.87. The van der Waals surface area contributed by atoms with Crippen molar-refractivity contribution in [2.24, 2.45) is 0 Å². The molecule has 0 fully saturated rings. The van der Waals surface area contributed by atoms with Crippen molar-refractivity contribution < 1.29 is 13.9 Å². The quantitative estimate of drug-likeness (QED) is 0.693. The molecule has 130 valence electrons. The van der Waals surface area contributed by atoms with Crippen LogP contribution in [0.2, 0.25) is 5.02 Å². The number of ether oxygens (including phenoxy) is 2. The summed E-state index contributed by atoms with van der Waals surface area (Å²) in [6.45, 7) is 6.40. The lowest BCUT2D eigenvalue weighted by Crippen LogP contribution is -2.13. The fourth-order valence-electron chi connectivity index (χ4n) is 2.28. The van der Waals surface area contributed by atoms with Crippen molar-refractivity contribution >= 4 is 11.6 Å². The van der Waals surface area contributed by atoms with Crippen molar-refractivity contribution in [2.45, 2.75) is 33.4 Å². The molecule has 0 bridgehead atoms. The maximum absolute atomic E-state index is 12.9. The molecule has 0 radical (unpaired) electrons. The average Bonchev–Trinajstić information content (AvgIpc) is 2.56. The molecular formula is C19H23ClFNO2. The predicted octanol–water partition coefficient (Wildman–Crippen LogP) is 4.96. The van der Waals surface area contributed by atoms with E-state index in [0.29, 0.717) is 42.8 Å². The molecule has 0 aliphatic rings. The van der Waals surface area contributed by atoms with Crippen LogP contribution in [0.1, 0.15) is 31.4 Å². The van der Waals surface area contributed by atoms with E-state index in [2.05, 4.69) is 5.32 Å². The van der Waals surface area contributed by atoms with E-state index in [1.54, 1.807) is 12.1 Å². The van der Waals surface area contributed by atoms with Gasteiger partial charge in [0.05, 0.1) is 18.2 Å². The summed E-state index contributed by atoms with van der Waals surface area (Å²) in [7, 11) is 0. The third kappa shape index (κ3) is 5.39. The van der Waals surface area contributed by atoms with Crippen LogP contribution in [-0.2, 0) is 13.1 Å². The Morgan fingerprint density at radius 1 is 1.00 bits per heavy atom. The van der Waals surface area contributed by atoms with E-state index in [1.165, 1.54) is 12.1 Å². The third-order valence-electron chi connectivity index (χ3n) is 3.39. The Morgan fingerprint density at radius 3 is 2.38 bits per heavy atom. The van der Waals surface area contributed by atoms with Crippen molar-refractivity contribution in [3.05, 3.63) is 58.4 Å². The number of benzene rings is 2. The van der Waals surface area contributed by atoms with Crippen molar-refractivity contribution in [2.75, 3.05) is 13.2 Å². The highest BCUT2D eigenvalue weighted by Crippen LogP contribution is 2.36. The molecule has 0 aliphatic heterocycles. The second-order valence-electron chi connectivity index (χ2n) is 5.42. The van der Waals surface area contributed by atoms with Gasteiger partial charge in [-0.05, 0) is 48.7 Å². The standard InChI is InChI=1S/C19H23ClFNO2/c1-3-9-24-19-17(20)10-15(11-18(19)23-4-2)13-22-12-14-5-7-16(21)8-6-14/h5-8,10-11,22H,3-4,9,12-13H2,1-2H3. The van der Waals surface area contributed by atoms with E-state index >= 15 is 0 Å². The molecule has 0 heterocycles. The zero-order chi connectivity index (χ0) is 17.4. The summed E-state index contributed by atoms with van der Waals surface area (Å²) in [6, 6.07) is 10.3. The molecule has 1 N–H and O–H groups in total. The molecule has 0 aliphatic carbocycles. The summed E-state index contributed by atoms with van der Waals surface area (Å²) in [5.74, 6) is 1.04. The normalized spacial score (nSPS) is 10.7. The summed E-state index contributed by atoms with van der Waals surface area (Å²) in [5.41, 5.74) is 2.03. The Balaban J connectivity index is 2.02. The van der Waals surface area contributed by atoms with Crippen molar-refractivity contribution in [3.63, 3.8) is 0 Å². The molecule has 0 atom stereocenters. The summed E-state index contributed by atoms with van der Waals surface area (Å²) in [4.78, 5) is 0. The number of nitrogens with one attached hydrogen (secondary N) is 1. The van der Waals surface area contributed by atoms with Crippen LogP contribution in [0.25, 0.3) is 0 Å². The number of halogens is 2. The molecular weight excluding hydrogens is 329 g/mol. The molecule has 3 nitrogen and oxygen atoms in total. The first kappa shape index (κ1) is 18.6. The first-order chi connectivity index (χ1) is 11.6. The van der Waals surface area contributed by atoms with Crippen LogP contribution in [0.3, 0.4) is 0 Å². The fraction of sp³-hybridized carbons (Fsp3) is 0.368. The molecule has 0 aromatic heterocycles. The zero-order valence-electron chi connectivity index (χ0n) is 14.1. The second-order valence-corrected chi connectivity index (χ2v) is 5.82. The lowest BCUT2D eigenvalue weighted by molar-refractivity contribution is 0.277. The first-order valence-electron chi connectivity index (χ1n) is 8.17. The highest BCUT2D eigenvalue weighted by atomic mass is 35.5. The summed E-state index contributed by atoms with van der Waals surface area (Å²) in [6.07, 6.45) is 0.906. The van der Waals surface area contributed by atoms with E-state index < -0.39 is 0 Å². The van der Waals surface area contributed by atoms with Gasteiger partial charge in [-0.15, -0.1) is 0 Å². The van der Waals surface area contributed by atoms with Crippen LogP contribution in [-0.4, -0.2) is 13.2 Å². The molecule has 24 heavy (non-hydrogen) atoms. The Morgan fingerprint density at radius 2 is 1.71 bits per heavy atom. The minimum absolute atomic E-state index is 0.227. The maximum Gasteiger partial charge on any atom is 0.179 e. The fourth-order valence-corrected chi connectivity index (χ4v) is 2.57. The molecule has 2 aromatic carbocycles.